The summed E-state index contributed by atoms with van der Waals surface area (Å²) in [6, 6.07) is 6.54. The number of aryl methyl sites for hydroxylation is 2. The van der Waals surface area contributed by atoms with Crippen LogP contribution in [-0.2, 0) is 13.5 Å². The van der Waals surface area contributed by atoms with Crippen LogP contribution in [0, 0.1) is 0 Å². The Balaban J connectivity index is 1.88. The predicted molar refractivity (Wildman–Crippen MR) is 72.9 cm³/mol. The van der Waals surface area contributed by atoms with Gasteiger partial charge in [-0.05, 0) is 59.3 Å². The highest BCUT2D eigenvalue weighted by atomic mass is 79.9. The van der Waals surface area contributed by atoms with Gasteiger partial charge in [-0.25, -0.2) is 0 Å². The van der Waals surface area contributed by atoms with Gasteiger partial charge in [-0.15, -0.1) is 0 Å². The van der Waals surface area contributed by atoms with Gasteiger partial charge in [-0.1, -0.05) is 6.07 Å². The molecule has 0 unspecified atom stereocenters. The molecule has 3 nitrogen and oxygen atoms in total. The van der Waals surface area contributed by atoms with Crippen molar-refractivity contribution >= 4 is 26.8 Å². The summed E-state index contributed by atoms with van der Waals surface area (Å²) in [4.78, 5) is 0. The maximum atomic E-state index is 6.12. The highest BCUT2D eigenvalue weighted by Gasteiger charge is 2.37. The summed E-state index contributed by atoms with van der Waals surface area (Å²) in [6.07, 6.45) is 4.53. The van der Waals surface area contributed by atoms with E-state index >= 15 is 0 Å². The van der Waals surface area contributed by atoms with Gasteiger partial charge in [0.25, 0.3) is 0 Å². The Kier molecular flexibility index (Phi) is 2.52. The summed E-state index contributed by atoms with van der Waals surface area (Å²) in [7, 11) is 1.96. The monoisotopic (exact) mass is 293 g/mol. The molecular weight excluding hydrogens is 278 g/mol. The summed E-state index contributed by atoms with van der Waals surface area (Å²) in [5.41, 5.74) is 8.77. The summed E-state index contributed by atoms with van der Waals surface area (Å²) in [6.45, 7) is 0. The average Bonchev–Trinajstić information content (AvgIpc) is 2.98. The molecule has 2 aromatic rings. The maximum absolute atomic E-state index is 6.12. The zero-order valence-corrected chi connectivity index (χ0v) is 11.5. The Morgan fingerprint density at radius 3 is 2.94 bits per heavy atom. The van der Waals surface area contributed by atoms with Gasteiger partial charge in [0.05, 0.1) is 5.52 Å². The Bertz CT molecular complexity index is 569. The van der Waals surface area contributed by atoms with Crippen LogP contribution in [0.1, 0.15) is 24.8 Å². The zero-order chi connectivity index (χ0) is 12.0. The molecule has 90 valence electrons. The van der Waals surface area contributed by atoms with Crippen LogP contribution in [0.2, 0.25) is 0 Å². The first-order valence-corrected chi connectivity index (χ1v) is 6.77. The second kappa shape index (κ2) is 3.82. The minimum atomic E-state index is 0.140. The molecule has 0 atom stereocenters. The van der Waals surface area contributed by atoms with E-state index in [0.29, 0.717) is 0 Å². The van der Waals surface area contributed by atoms with Gasteiger partial charge in [0.2, 0.25) is 0 Å². The van der Waals surface area contributed by atoms with E-state index in [2.05, 4.69) is 39.2 Å². The molecule has 0 amide bonds. The molecule has 1 aromatic carbocycles. The molecule has 0 radical (unpaired) electrons. The van der Waals surface area contributed by atoms with Crippen molar-refractivity contribution in [3.63, 3.8) is 0 Å². The summed E-state index contributed by atoms with van der Waals surface area (Å²) in [5.74, 6) is 0. The highest BCUT2D eigenvalue weighted by molar-refractivity contribution is 9.10. The number of nitrogens with zero attached hydrogens (tertiary/aromatic N) is 2. The second-order valence-corrected chi connectivity index (χ2v) is 5.88. The predicted octanol–water partition coefficient (Wildman–Crippen LogP) is 2.76. The van der Waals surface area contributed by atoms with Crippen LogP contribution in [0.4, 0.5) is 0 Å². The Labute approximate surface area is 109 Å². The van der Waals surface area contributed by atoms with E-state index in [0.717, 1.165) is 23.0 Å². The third kappa shape index (κ3) is 2.11. The molecule has 2 N–H and O–H groups in total. The van der Waals surface area contributed by atoms with Gasteiger partial charge in [-0.3, -0.25) is 4.68 Å². The van der Waals surface area contributed by atoms with Gasteiger partial charge in [0, 0.05) is 18.0 Å². The van der Waals surface area contributed by atoms with Crippen molar-refractivity contribution in [3.05, 3.63) is 28.4 Å². The van der Waals surface area contributed by atoms with Crippen LogP contribution >= 0.6 is 15.9 Å². The smallest absolute Gasteiger partial charge is 0.135 e. The van der Waals surface area contributed by atoms with Gasteiger partial charge < -0.3 is 5.73 Å². The summed E-state index contributed by atoms with van der Waals surface area (Å²) in [5, 5.41) is 5.55. The zero-order valence-electron chi connectivity index (χ0n) is 9.91. The van der Waals surface area contributed by atoms with Crippen molar-refractivity contribution in [3.8, 4) is 0 Å². The van der Waals surface area contributed by atoms with Crippen LogP contribution in [-0.4, -0.2) is 15.3 Å². The van der Waals surface area contributed by atoms with Gasteiger partial charge >= 0.3 is 0 Å². The van der Waals surface area contributed by atoms with Crippen molar-refractivity contribution in [1.29, 1.82) is 0 Å². The average molecular weight is 294 g/mol. The van der Waals surface area contributed by atoms with E-state index in [1.165, 1.54) is 23.8 Å². The molecule has 1 aliphatic carbocycles. The second-order valence-electron chi connectivity index (χ2n) is 5.13. The molecule has 17 heavy (non-hydrogen) atoms. The molecule has 1 aliphatic rings. The fourth-order valence-electron chi connectivity index (χ4n) is 2.23. The van der Waals surface area contributed by atoms with Gasteiger partial charge in [-0.2, -0.15) is 5.10 Å². The van der Waals surface area contributed by atoms with Crippen LogP contribution in [0.5, 0.6) is 0 Å². The molecular formula is C13H16BrN3. The van der Waals surface area contributed by atoms with Crippen molar-refractivity contribution in [2.24, 2.45) is 12.8 Å². The van der Waals surface area contributed by atoms with Crippen LogP contribution < -0.4 is 5.73 Å². The van der Waals surface area contributed by atoms with E-state index in [-0.39, 0.29) is 5.54 Å². The number of rotatable bonds is 3. The van der Waals surface area contributed by atoms with Gasteiger partial charge in [0.1, 0.15) is 4.60 Å². The first-order chi connectivity index (χ1) is 8.07. The number of hydrogen-bond donors (Lipinski definition) is 1. The quantitative estimate of drug-likeness (QED) is 0.946. The standard InChI is InChI=1S/C13H16BrN3/c1-17-11-3-2-9(4-5-13(15)6-7-13)8-10(11)12(14)16-17/h2-3,8H,4-7,15H2,1H3. The Hall–Kier alpha value is -0.870. The lowest BCUT2D eigenvalue weighted by molar-refractivity contribution is 0.609. The van der Waals surface area contributed by atoms with Crippen LogP contribution in [0.25, 0.3) is 10.9 Å². The minimum Gasteiger partial charge on any atom is -0.325 e. The largest absolute Gasteiger partial charge is 0.325 e. The van der Waals surface area contributed by atoms with Crippen LogP contribution in [0.3, 0.4) is 0 Å². The number of hydrogen-bond acceptors (Lipinski definition) is 2. The molecule has 1 fully saturated rings. The number of benzene rings is 1. The first kappa shape index (κ1) is 11.2. The van der Waals surface area contributed by atoms with Crippen molar-refractivity contribution in [2.75, 3.05) is 0 Å². The molecule has 0 spiro atoms. The van der Waals surface area contributed by atoms with Crippen LogP contribution in [0.15, 0.2) is 22.8 Å². The SMILES string of the molecule is Cn1nc(Br)c2cc(CCC3(N)CC3)ccc21. The summed E-state index contributed by atoms with van der Waals surface area (Å²) < 4.78 is 2.82. The van der Waals surface area contributed by atoms with E-state index in [1.54, 1.807) is 0 Å². The Morgan fingerprint density at radius 1 is 1.47 bits per heavy atom. The molecule has 0 aliphatic heterocycles. The maximum Gasteiger partial charge on any atom is 0.135 e. The van der Waals surface area contributed by atoms with Crippen molar-refractivity contribution < 1.29 is 0 Å². The third-order valence-corrected chi connectivity index (χ3v) is 4.26. The number of aromatic nitrogens is 2. The highest BCUT2D eigenvalue weighted by Crippen LogP contribution is 2.36. The summed E-state index contributed by atoms with van der Waals surface area (Å²) >= 11 is 3.50. The molecule has 0 bridgehead atoms. The third-order valence-electron chi connectivity index (χ3n) is 3.67. The van der Waals surface area contributed by atoms with E-state index in [9.17, 15) is 0 Å². The first-order valence-electron chi connectivity index (χ1n) is 5.97. The lowest BCUT2D eigenvalue weighted by Crippen LogP contribution is -2.22. The van der Waals surface area contributed by atoms with Crippen molar-refractivity contribution in [1.82, 2.24) is 9.78 Å². The molecule has 1 heterocycles. The molecule has 1 aromatic heterocycles. The normalized spacial score (nSPS) is 17.6. The number of nitrogens with two attached hydrogens (primary N) is 1. The lowest BCUT2D eigenvalue weighted by atomic mass is 10.0. The molecule has 0 saturated heterocycles. The van der Waals surface area contributed by atoms with E-state index < -0.39 is 0 Å². The van der Waals surface area contributed by atoms with Crippen molar-refractivity contribution in [2.45, 2.75) is 31.2 Å². The molecule has 4 heteroatoms. The fourth-order valence-corrected chi connectivity index (χ4v) is 2.78. The topological polar surface area (TPSA) is 43.8 Å². The number of fused-ring (bicyclic) bond motifs is 1. The van der Waals surface area contributed by atoms with E-state index in [4.69, 9.17) is 5.73 Å². The number of halogens is 1. The van der Waals surface area contributed by atoms with E-state index in [1.807, 2.05) is 11.7 Å². The fraction of sp³-hybridized carbons (Fsp3) is 0.462. The lowest BCUT2D eigenvalue weighted by Gasteiger charge is -2.08. The Morgan fingerprint density at radius 2 is 2.24 bits per heavy atom. The van der Waals surface area contributed by atoms with Gasteiger partial charge in [0.15, 0.2) is 0 Å². The minimum absolute atomic E-state index is 0.140. The molecule has 1 saturated carbocycles. The molecule has 3 rings (SSSR count).